The lowest BCUT2D eigenvalue weighted by molar-refractivity contribution is 0.0601. The van der Waals surface area contributed by atoms with Gasteiger partial charge in [0.1, 0.15) is 5.82 Å². The summed E-state index contributed by atoms with van der Waals surface area (Å²) in [7, 11) is -1.07. The molecule has 1 aromatic rings. The van der Waals surface area contributed by atoms with Gasteiger partial charge in [0.05, 0.1) is 35.6 Å². The average molecular weight is 387 g/mol. The number of nitrogens with one attached hydrogen (secondary N) is 1. The van der Waals surface area contributed by atoms with E-state index in [1.165, 1.54) is 19.0 Å². The Morgan fingerprint density at radius 1 is 1.35 bits per heavy atom. The van der Waals surface area contributed by atoms with Crippen molar-refractivity contribution in [2.24, 2.45) is 0 Å². The van der Waals surface area contributed by atoms with Crippen LogP contribution in [0, 0.1) is 5.82 Å². The maximum Gasteiger partial charge on any atom is 0.338 e. The van der Waals surface area contributed by atoms with Gasteiger partial charge >= 0.3 is 16.2 Å². The molecule has 0 radical (unpaired) electrons. The summed E-state index contributed by atoms with van der Waals surface area (Å²) in [5.74, 6) is -3.65. The Morgan fingerprint density at radius 3 is 2.54 bits per heavy atom. The molecule has 26 heavy (non-hydrogen) atoms. The van der Waals surface area contributed by atoms with E-state index < -0.39 is 33.5 Å². The fourth-order valence-electron chi connectivity index (χ4n) is 3.17. The van der Waals surface area contributed by atoms with E-state index in [4.69, 9.17) is 9.84 Å². The third kappa shape index (κ3) is 3.24. The first-order valence-corrected chi connectivity index (χ1v) is 9.24. The number of carbonyl (C=O) groups is 2. The second-order valence-corrected chi connectivity index (χ2v) is 8.02. The number of benzene rings is 1. The summed E-state index contributed by atoms with van der Waals surface area (Å²) in [5, 5.41) is 9.02. The highest BCUT2D eigenvalue weighted by Gasteiger charge is 2.45. The highest BCUT2D eigenvalue weighted by atomic mass is 32.2. The van der Waals surface area contributed by atoms with Crippen LogP contribution in [0.4, 0.5) is 10.1 Å². The van der Waals surface area contributed by atoms with E-state index in [0.29, 0.717) is 6.42 Å². The van der Waals surface area contributed by atoms with Gasteiger partial charge in [0.25, 0.3) is 5.91 Å². The molecule has 2 atom stereocenters. The zero-order valence-electron chi connectivity index (χ0n) is 14.1. The number of rotatable bonds is 5. The molecule has 0 spiro atoms. The average Bonchev–Trinajstić information content (AvgIpc) is 3.16. The second kappa shape index (κ2) is 6.49. The van der Waals surface area contributed by atoms with Crippen molar-refractivity contribution < 1.29 is 32.2 Å². The summed E-state index contributed by atoms with van der Waals surface area (Å²) in [6.07, 6.45) is 0.385. The van der Waals surface area contributed by atoms with Gasteiger partial charge in [-0.15, -0.1) is 0 Å². The summed E-state index contributed by atoms with van der Waals surface area (Å²) in [4.78, 5) is 25.0. The van der Waals surface area contributed by atoms with Crippen molar-refractivity contribution in [3.8, 4) is 0 Å². The smallest absolute Gasteiger partial charge is 0.338 e. The minimum atomic E-state index is -4.12. The number of amides is 1. The fourth-order valence-corrected chi connectivity index (χ4v) is 4.53. The minimum absolute atomic E-state index is 0.0859. The number of fused-ring (bicyclic) bond motifs is 2. The van der Waals surface area contributed by atoms with Gasteiger partial charge in [-0.05, 0) is 18.6 Å². The maximum absolute atomic E-state index is 14.0. The summed E-state index contributed by atoms with van der Waals surface area (Å²) >= 11 is 0. The van der Waals surface area contributed by atoms with Crippen LogP contribution in [0.3, 0.4) is 0 Å². The van der Waals surface area contributed by atoms with E-state index >= 15 is 0 Å². The van der Waals surface area contributed by atoms with Crippen LogP contribution < -0.4 is 9.62 Å². The van der Waals surface area contributed by atoms with Gasteiger partial charge in [0.15, 0.2) is 0 Å². The maximum atomic E-state index is 14.0. The highest BCUT2D eigenvalue weighted by Crippen LogP contribution is 2.30. The van der Waals surface area contributed by atoms with Gasteiger partial charge in [0, 0.05) is 20.6 Å². The van der Waals surface area contributed by atoms with Crippen molar-refractivity contribution in [3.05, 3.63) is 29.1 Å². The number of ether oxygens (including phenoxy) is 1. The molecule has 0 unspecified atom stereocenters. The monoisotopic (exact) mass is 387 g/mol. The molecular formula is C15H18FN3O6S. The van der Waals surface area contributed by atoms with Crippen LogP contribution >= 0.6 is 0 Å². The second-order valence-electron chi connectivity index (χ2n) is 6.40. The number of aromatic carboxylic acids is 1. The molecule has 3 rings (SSSR count). The van der Waals surface area contributed by atoms with Crippen LogP contribution in [0.5, 0.6) is 0 Å². The predicted octanol–water partition coefficient (Wildman–Crippen LogP) is 0.0376. The molecule has 2 bridgehead atoms. The molecule has 2 heterocycles. The van der Waals surface area contributed by atoms with Crippen molar-refractivity contribution >= 4 is 27.8 Å². The third-order valence-corrected chi connectivity index (χ3v) is 5.93. The first-order valence-electron chi connectivity index (χ1n) is 7.80. The number of carbonyl (C=O) groups excluding carboxylic acids is 1. The van der Waals surface area contributed by atoms with E-state index in [1.54, 1.807) is 0 Å². The van der Waals surface area contributed by atoms with Crippen molar-refractivity contribution in [3.63, 3.8) is 0 Å². The largest absolute Gasteiger partial charge is 0.478 e. The molecule has 142 valence electrons. The SMILES string of the molecule is CN(C)c1cc(C(=O)O)c(F)cc1C(=O)NS(=O)(=O)N1C[C@@H]2C[C@H]1CO2. The zero-order valence-corrected chi connectivity index (χ0v) is 14.9. The van der Waals surface area contributed by atoms with Crippen molar-refractivity contribution in [1.29, 1.82) is 0 Å². The summed E-state index contributed by atoms with van der Waals surface area (Å²) in [6, 6.07) is 1.39. The molecule has 1 amide bonds. The van der Waals surface area contributed by atoms with E-state index in [2.05, 4.69) is 0 Å². The molecule has 11 heteroatoms. The molecule has 2 saturated heterocycles. The molecule has 2 N–H and O–H groups in total. The Balaban J connectivity index is 1.90. The Hall–Kier alpha value is -2.24. The molecule has 1 aromatic carbocycles. The number of morpholine rings is 1. The first kappa shape index (κ1) is 18.5. The molecule has 2 fully saturated rings. The Labute approximate surface area is 149 Å². The van der Waals surface area contributed by atoms with E-state index in [-0.39, 0.29) is 36.5 Å². The molecule has 9 nitrogen and oxygen atoms in total. The van der Waals surface area contributed by atoms with Crippen LogP contribution in [0.2, 0.25) is 0 Å². The van der Waals surface area contributed by atoms with Gasteiger partial charge < -0.3 is 14.7 Å². The number of hydrogen-bond acceptors (Lipinski definition) is 6. The predicted molar refractivity (Wildman–Crippen MR) is 88.9 cm³/mol. The van der Waals surface area contributed by atoms with E-state index in [1.807, 2.05) is 4.72 Å². The zero-order chi connectivity index (χ0) is 19.2. The molecule has 0 aliphatic carbocycles. The number of nitrogens with zero attached hydrogens (tertiary/aromatic N) is 2. The number of anilines is 1. The van der Waals surface area contributed by atoms with Gasteiger partial charge in [-0.3, -0.25) is 4.79 Å². The standard InChI is InChI=1S/C15H18FN3O6S/c1-18(2)13-5-10(15(21)22)12(16)4-11(13)14(20)17-26(23,24)19-6-9-3-8(19)7-25-9/h4-5,8-9H,3,6-7H2,1-2H3,(H,17,20)(H,21,22)/t8-,9-/m0/s1. The van der Waals surface area contributed by atoms with E-state index in [0.717, 1.165) is 16.4 Å². The number of halogens is 1. The van der Waals surface area contributed by atoms with Crippen LogP contribution in [0.25, 0.3) is 0 Å². The first-order chi connectivity index (χ1) is 12.1. The number of carboxylic acid groups (broad SMARTS) is 1. The van der Waals surface area contributed by atoms with Crippen LogP contribution in [0.1, 0.15) is 27.1 Å². The van der Waals surface area contributed by atoms with Gasteiger partial charge in [-0.25, -0.2) is 13.9 Å². The summed E-state index contributed by atoms with van der Waals surface area (Å²) in [6.45, 7) is 0.421. The molecule has 0 aromatic heterocycles. The lowest BCUT2D eigenvalue weighted by atomic mass is 10.1. The molecule has 0 saturated carbocycles. The van der Waals surface area contributed by atoms with Crippen molar-refractivity contribution in [2.75, 3.05) is 32.1 Å². The Bertz CT molecular complexity index is 872. The Kier molecular flexibility index (Phi) is 4.63. The molecule has 2 aliphatic rings. The highest BCUT2D eigenvalue weighted by molar-refractivity contribution is 7.87. The number of carboxylic acids is 1. The minimum Gasteiger partial charge on any atom is -0.478 e. The number of hydrogen-bond donors (Lipinski definition) is 2. The van der Waals surface area contributed by atoms with Gasteiger partial charge in [-0.2, -0.15) is 12.7 Å². The van der Waals surface area contributed by atoms with Crippen molar-refractivity contribution in [1.82, 2.24) is 9.03 Å². The normalized spacial score (nSPS) is 22.4. The lowest BCUT2D eigenvalue weighted by Crippen LogP contribution is -2.49. The fraction of sp³-hybridized carbons (Fsp3) is 0.467. The topological polar surface area (TPSA) is 116 Å². The summed E-state index contributed by atoms with van der Waals surface area (Å²) in [5.41, 5.74) is -0.799. The summed E-state index contributed by atoms with van der Waals surface area (Å²) < 4.78 is 47.4. The molecular weight excluding hydrogens is 369 g/mol. The lowest BCUT2D eigenvalue weighted by Gasteiger charge is -2.26. The van der Waals surface area contributed by atoms with E-state index in [9.17, 15) is 22.4 Å². The molecule has 2 aliphatic heterocycles. The quantitative estimate of drug-likeness (QED) is 0.733. The third-order valence-electron chi connectivity index (χ3n) is 4.42. The van der Waals surface area contributed by atoms with Gasteiger partial charge in [0.2, 0.25) is 0 Å². The van der Waals surface area contributed by atoms with Crippen LogP contribution in [0.15, 0.2) is 12.1 Å². The van der Waals surface area contributed by atoms with Gasteiger partial charge in [-0.1, -0.05) is 0 Å². The van der Waals surface area contributed by atoms with Crippen LogP contribution in [-0.4, -0.2) is 69.1 Å². The Morgan fingerprint density at radius 2 is 2.04 bits per heavy atom. The van der Waals surface area contributed by atoms with Crippen LogP contribution in [-0.2, 0) is 14.9 Å². The van der Waals surface area contributed by atoms with Crippen molar-refractivity contribution in [2.45, 2.75) is 18.6 Å².